The molecule has 0 saturated heterocycles. The zero-order chi connectivity index (χ0) is 11.4. The van der Waals surface area contributed by atoms with Crippen LogP contribution in [-0.4, -0.2) is 6.04 Å². The van der Waals surface area contributed by atoms with Crippen LogP contribution >= 0.6 is 0 Å². The van der Waals surface area contributed by atoms with Gasteiger partial charge in [-0.2, -0.15) is 5.26 Å². The Labute approximate surface area is 91.9 Å². The molecule has 15 heavy (non-hydrogen) atoms. The van der Waals surface area contributed by atoms with Crippen LogP contribution in [0.1, 0.15) is 31.9 Å². The first-order valence-corrected chi connectivity index (χ1v) is 5.32. The highest BCUT2D eigenvalue weighted by atomic mass is 14.9. The van der Waals surface area contributed by atoms with Crippen LogP contribution in [0.3, 0.4) is 0 Å². The van der Waals surface area contributed by atoms with Crippen molar-refractivity contribution in [2.24, 2.45) is 5.92 Å². The molecule has 1 unspecified atom stereocenters. The maximum absolute atomic E-state index is 8.82. The van der Waals surface area contributed by atoms with Gasteiger partial charge in [0.15, 0.2) is 0 Å². The standard InChI is InChI=1S/C13H18N2/c1-9(2)11(4)15-13-7-12(8-14)6-5-10(13)3/h5-7,9,11,15H,1-4H3. The number of nitriles is 1. The minimum Gasteiger partial charge on any atom is -0.382 e. The molecular formula is C13H18N2. The maximum atomic E-state index is 8.82. The number of rotatable bonds is 3. The Bertz CT molecular complexity index is 375. The van der Waals surface area contributed by atoms with Crippen LogP contribution in [0, 0.1) is 24.2 Å². The minimum absolute atomic E-state index is 0.414. The molecule has 0 aliphatic carbocycles. The quantitative estimate of drug-likeness (QED) is 0.816. The molecule has 1 rings (SSSR count). The largest absolute Gasteiger partial charge is 0.382 e. The molecule has 0 saturated carbocycles. The topological polar surface area (TPSA) is 35.8 Å². The van der Waals surface area contributed by atoms with E-state index in [9.17, 15) is 0 Å². The number of hydrogen-bond donors (Lipinski definition) is 1. The first-order valence-electron chi connectivity index (χ1n) is 5.32. The first-order chi connectivity index (χ1) is 7.04. The number of nitrogens with one attached hydrogen (secondary N) is 1. The summed E-state index contributed by atoms with van der Waals surface area (Å²) in [5, 5.41) is 12.3. The zero-order valence-corrected chi connectivity index (χ0v) is 9.83. The van der Waals surface area contributed by atoms with Gasteiger partial charge < -0.3 is 5.32 Å². The highest BCUT2D eigenvalue weighted by Gasteiger charge is 2.08. The Hall–Kier alpha value is -1.49. The average Bonchev–Trinajstić information content (AvgIpc) is 2.21. The van der Waals surface area contributed by atoms with Gasteiger partial charge in [-0.1, -0.05) is 19.9 Å². The van der Waals surface area contributed by atoms with Crippen LogP contribution < -0.4 is 5.32 Å². The SMILES string of the molecule is Cc1ccc(C#N)cc1NC(C)C(C)C. The first kappa shape index (κ1) is 11.6. The van der Waals surface area contributed by atoms with Gasteiger partial charge in [-0.05, 0) is 37.5 Å². The second-order valence-electron chi connectivity index (χ2n) is 4.32. The molecule has 1 aromatic rings. The molecule has 2 nitrogen and oxygen atoms in total. The molecule has 0 aliphatic rings. The van der Waals surface area contributed by atoms with Crippen molar-refractivity contribution in [3.63, 3.8) is 0 Å². The van der Waals surface area contributed by atoms with E-state index >= 15 is 0 Å². The van der Waals surface area contributed by atoms with Crippen LogP contribution in [0.4, 0.5) is 5.69 Å². The van der Waals surface area contributed by atoms with Crippen LogP contribution in [-0.2, 0) is 0 Å². The summed E-state index contributed by atoms with van der Waals surface area (Å²) in [6, 6.07) is 8.31. The van der Waals surface area contributed by atoms with Crippen LogP contribution in [0.15, 0.2) is 18.2 Å². The van der Waals surface area contributed by atoms with E-state index in [2.05, 4.69) is 39.1 Å². The van der Waals surface area contributed by atoms with Gasteiger partial charge in [0.2, 0.25) is 0 Å². The molecule has 2 heteroatoms. The van der Waals surface area contributed by atoms with Crippen molar-refractivity contribution in [2.75, 3.05) is 5.32 Å². The summed E-state index contributed by atoms with van der Waals surface area (Å²) in [6.07, 6.45) is 0. The van der Waals surface area contributed by atoms with Crippen LogP contribution in [0.2, 0.25) is 0 Å². The lowest BCUT2D eigenvalue weighted by Crippen LogP contribution is -2.21. The van der Waals surface area contributed by atoms with E-state index in [0.717, 1.165) is 5.69 Å². The minimum atomic E-state index is 0.414. The molecule has 0 heterocycles. The van der Waals surface area contributed by atoms with Crippen molar-refractivity contribution < 1.29 is 0 Å². The third-order valence-corrected chi connectivity index (χ3v) is 2.75. The van der Waals surface area contributed by atoms with Gasteiger partial charge in [-0.3, -0.25) is 0 Å². The monoisotopic (exact) mass is 202 g/mol. The molecule has 0 bridgehead atoms. The Balaban J connectivity index is 2.89. The average molecular weight is 202 g/mol. The number of nitrogens with zero attached hydrogens (tertiary/aromatic N) is 1. The molecule has 0 fully saturated rings. The molecule has 80 valence electrons. The van der Waals surface area contributed by atoms with Gasteiger partial charge in [0.25, 0.3) is 0 Å². The van der Waals surface area contributed by atoms with Gasteiger partial charge in [0.1, 0.15) is 0 Å². The van der Waals surface area contributed by atoms with E-state index in [0.29, 0.717) is 17.5 Å². The summed E-state index contributed by atoms with van der Waals surface area (Å²) in [6.45, 7) is 8.57. The molecule has 1 atom stereocenters. The molecule has 0 aliphatic heterocycles. The van der Waals surface area contributed by atoms with Crippen molar-refractivity contribution in [2.45, 2.75) is 33.7 Å². The van der Waals surface area contributed by atoms with Crippen LogP contribution in [0.25, 0.3) is 0 Å². The van der Waals surface area contributed by atoms with E-state index < -0.39 is 0 Å². The van der Waals surface area contributed by atoms with E-state index in [4.69, 9.17) is 5.26 Å². The fourth-order valence-corrected chi connectivity index (χ4v) is 1.26. The summed E-state index contributed by atoms with van der Waals surface area (Å²) in [7, 11) is 0. The number of aryl methyl sites for hydroxylation is 1. The lowest BCUT2D eigenvalue weighted by molar-refractivity contribution is 0.560. The van der Waals surface area contributed by atoms with Gasteiger partial charge in [0.05, 0.1) is 11.6 Å². The van der Waals surface area contributed by atoms with Gasteiger partial charge in [-0.15, -0.1) is 0 Å². The molecule has 0 spiro atoms. The fourth-order valence-electron chi connectivity index (χ4n) is 1.26. The molecule has 1 aromatic carbocycles. The number of hydrogen-bond acceptors (Lipinski definition) is 2. The smallest absolute Gasteiger partial charge is 0.0992 e. The zero-order valence-electron chi connectivity index (χ0n) is 9.83. The predicted molar refractivity (Wildman–Crippen MR) is 63.8 cm³/mol. The van der Waals surface area contributed by atoms with Crippen molar-refractivity contribution >= 4 is 5.69 Å². The summed E-state index contributed by atoms with van der Waals surface area (Å²) in [5.74, 6) is 0.579. The fraction of sp³-hybridized carbons (Fsp3) is 0.462. The summed E-state index contributed by atoms with van der Waals surface area (Å²) in [4.78, 5) is 0. The van der Waals surface area contributed by atoms with Crippen molar-refractivity contribution in [3.8, 4) is 6.07 Å². The van der Waals surface area contributed by atoms with E-state index in [1.165, 1.54) is 5.56 Å². The maximum Gasteiger partial charge on any atom is 0.0992 e. The summed E-state index contributed by atoms with van der Waals surface area (Å²) < 4.78 is 0. The molecule has 1 N–H and O–H groups in total. The molecule has 0 aromatic heterocycles. The third kappa shape index (κ3) is 2.99. The predicted octanol–water partition coefficient (Wildman–Crippen LogP) is 3.32. The Morgan fingerprint density at radius 1 is 1.27 bits per heavy atom. The van der Waals surface area contributed by atoms with Gasteiger partial charge in [-0.25, -0.2) is 0 Å². The molecular weight excluding hydrogens is 184 g/mol. The Kier molecular flexibility index (Phi) is 3.74. The highest BCUT2D eigenvalue weighted by Crippen LogP contribution is 2.19. The van der Waals surface area contributed by atoms with Crippen molar-refractivity contribution in [1.82, 2.24) is 0 Å². The summed E-state index contributed by atoms with van der Waals surface area (Å²) >= 11 is 0. The highest BCUT2D eigenvalue weighted by molar-refractivity contribution is 5.55. The number of benzene rings is 1. The van der Waals surface area contributed by atoms with Gasteiger partial charge >= 0.3 is 0 Å². The second kappa shape index (κ2) is 4.84. The lowest BCUT2D eigenvalue weighted by Gasteiger charge is -2.20. The second-order valence-corrected chi connectivity index (χ2v) is 4.32. The van der Waals surface area contributed by atoms with Crippen molar-refractivity contribution in [3.05, 3.63) is 29.3 Å². The van der Waals surface area contributed by atoms with Crippen LogP contribution in [0.5, 0.6) is 0 Å². The van der Waals surface area contributed by atoms with E-state index in [-0.39, 0.29) is 0 Å². The Morgan fingerprint density at radius 2 is 1.93 bits per heavy atom. The molecule has 0 amide bonds. The number of anilines is 1. The third-order valence-electron chi connectivity index (χ3n) is 2.75. The van der Waals surface area contributed by atoms with E-state index in [1.54, 1.807) is 0 Å². The summed E-state index contributed by atoms with van der Waals surface area (Å²) in [5.41, 5.74) is 2.95. The van der Waals surface area contributed by atoms with E-state index in [1.807, 2.05) is 18.2 Å². The van der Waals surface area contributed by atoms with Crippen molar-refractivity contribution in [1.29, 1.82) is 5.26 Å². The normalized spacial score (nSPS) is 12.3. The Morgan fingerprint density at radius 3 is 2.47 bits per heavy atom. The molecule has 0 radical (unpaired) electrons. The van der Waals surface area contributed by atoms with Gasteiger partial charge in [0, 0.05) is 11.7 Å². The lowest BCUT2D eigenvalue weighted by atomic mass is 10.0.